The molecule has 0 aromatic heterocycles. The molecule has 3 heteroatoms. The van der Waals surface area contributed by atoms with Gasteiger partial charge >= 0.3 is 0 Å². The molecule has 30 heavy (non-hydrogen) atoms. The Bertz CT molecular complexity index is 452. The van der Waals surface area contributed by atoms with E-state index in [4.69, 9.17) is 0 Å². The van der Waals surface area contributed by atoms with E-state index in [2.05, 4.69) is 60.7 Å². The van der Waals surface area contributed by atoms with Gasteiger partial charge in [-0.3, -0.25) is 9.59 Å². The predicted octanol–water partition coefficient (Wildman–Crippen LogP) is 7.96. The van der Waals surface area contributed by atoms with Crippen molar-refractivity contribution in [2.75, 3.05) is 0 Å². The SMILES string of the molecule is CC.CC(=O)C(NC(=O)C1CCC1)C1(C)CCCCC1.CC(C)C(C)(C)C.CCC. The van der Waals surface area contributed by atoms with E-state index < -0.39 is 0 Å². The van der Waals surface area contributed by atoms with Crippen LogP contribution in [0.25, 0.3) is 0 Å². The molecule has 2 fully saturated rings. The van der Waals surface area contributed by atoms with E-state index in [1.165, 1.54) is 25.7 Å². The molecule has 1 amide bonds. The Morgan fingerprint density at radius 1 is 0.967 bits per heavy atom. The molecule has 2 rings (SSSR count). The van der Waals surface area contributed by atoms with Gasteiger partial charge in [-0.25, -0.2) is 0 Å². The van der Waals surface area contributed by atoms with Crippen molar-refractivity contribution in [1.82, 2.24) is 5.32 Å². The fourth-order valence-corrected chi connectivity index (χ4v) is 3.35. The zero-order chi connectivity index (χ0) is 24.0. The van der Waals surface area contributed by atoms with Crippen LogP contribution in [-0.2, 0) is 9.59 Å². The van der Waals surface area contributed by atoms with Crippen molar-refractivity contribution < 1.29 is 9.59 Å². The van der Waals surface area contributed by atoms with Crippen LogP contribution in [0.3, 0.4) is 0 Å². The average Bonchev–Trinajstić information content (AvgIpc) is 2.60. The maximum absolute atomic E-state index is 12.1. The molecule has 0 radical (unpaired) electrons. The molecule has 1 N–H and O–H groups in total. The van der Waals surface area contributed by atoms with Gasteiger partial charge in [-0.1, -0.05) is 101 Å². The van der Waals surface area contributed by atoms with E-state index in [9.17, 15) is 9.59 Å². The van der Waals surface area contributed by atoms with Crippen LogP contribution in [0, 0.1) is 22.7 Å². The van der Waals surface area contributed by atoms with Crippen molar-refractivity contribution >= 4 is 11.7 Å². The van der Waals surface area contributed by atoms with Gasteiger partial charge in [0.1, 0.15) is 0 Å². The molecule has 0 saturated heterocycles. The molecule has 0 spiro atoms. The van der Waals surface area contributed by atoms with E-state index in [0.29, 0.717) is 5.41 Å². The van der Waals surface area contributed by atoms with Crippen molar-refractivity contribution in [3.05, 3.63) is 0 Å². The van der Waals surface area contributed by atoms with Crippen LogP contribution < -0.4 is 5.32 Å². The smallest absolute Gasteiger partial charge is 0.223 e. The standard InChI is InChI=1S/C15H25NO2.C7H16.C3H8.C2H6/c1-11(17)13(15(2)9-4-3-5-10-15)16-14(18)12-7-6-8-12;1-6(2)7(3,4)5;1-3-2;1-2/h12-13H,3-10H2,1-2H3,(H,16,18);6H,1-5H3;3H2,1-2H3;1-2H3. The molecule has 180 valence electrons. The minimum Gasteiger partial charge on any atom is -0.346 e. The predicted molar refractivity (Wildman–Crippen MR) is 133 cm³/mol. The summed E-state index contributed by atoms with van der Waals surface area (Å²) >= 11 is 0. The van der Waals surface area contributed by atoms with Crippen LogP contribution >= 0.6 is 0 Å². The van der Waals surface area contributed by atoms with E-state index >= 15 is 0 Å². The Hall–Kier alpha value is -0.860. The topological polar surface area (TPSA) is 46.2 Å². The molecule has 0 aliphatic heterocycles. The summed E-state index contributed by atoms with van der Waals surface area (Å²) < 4.78 is 0. The largest absolute Gasteiger partial charge is 0.346 e. The summed E-state index contributed by atoms with van der Waals surface area (Å²) in [5, 5.41) is 3.04. The summed E-state index contributed by atoms with van der Waals surface area (Å²) in [7, 11) is 0. The number of rotatable bonds is 4. The van der Waals surface area contributed by atoms with E-state index in [1.54, 1.807) is 6.92 Å². The lowest BCUT2D eigenvalue weighted by molar-refractivity contribution is -0.134. The highest BCUT2D eigenvalue weighted by Gasteiger charge is 2.40. The summed E-state index contributed by atoms with van der Waals surface area (Å²) in [6, 6.07) is -0.272. The van der Waals surface area contributed by atoms with Crippen LogP contribution in [-0.4, -0.2) is 17.7 Å². The molecule has 2 aliphatic rings. The van der Waals surface area contributed by atoms with Crippen LogP contribution in [0.2, 0.25) is 0 Å². The second-order valence-electron chi connectivity index (χ2n) is 10.6. The minimum absolute atomic E-state index is 0.0243. The van der Waals surface area contributed by atoms with E-state index in [0.717, 1.165) is 38.0 Å². The number of amides is 1. The first-order chi connectivity index (χ1) is 13.9. The van der Waals surface area contributed by atoms with Crippen molar-refractivity contribution in [3.8, 4) is 0 Å². The van der Waals surface area contributed by atoms with Gasteiger partial charge in [0.05, 0.1) is 6.04 Å². The molecule has 1 atom stereocenters. The van der Waals surface area contributed by atoms with Gasteiger partial charge in [0.15, 0.2) is 5.78 Å². The Balaban J connectivity index is 0. The number of nitrogens with one attached hydrogen (secondary N) is 1. The highest BCUT2D eigenvalue weighted by Crippen LogP contribution is 2.39. The zero-order valence-electron chi connectivity index (χ0n) is 22.4. The summed E-state index contributed by atoms with van der Waals surface area (Å²) in [4.78, 5) is 24.0. The number of carbonyl (C=O) groups excluding carboxylic acids is 2. The second-order valence-corrected chi connectivity index (χ2v) is 10.6. The molecular formula is C27H55NO2. The number of hydrogen-bond acceptors (Lipinski definition) is 2. The van der Waals surface area contributed by atoms with E-state index in [1.807, 2.05) is 13.8 Å². The number of ketones is 1. The van der Waals surface area contributed by atoms with Gasteiger partial charge in [0.2, 0.25) is 5.91 Å². The molecule has 0 aromatic carbocycles. The second kappa shape index (κ2) is 15.9. The normalized spacial score (nSPS) is 18.8. The van der Waals surface area contributed by atoms with Crippen LogP contribution in [0.5, 0.6) is 0 Å². The highest BCUT2D eigenvalue weighted by molar-refractivity contribution is 5.89. The Morgan fingerprint density at radius 3 is 1.63 bits per heavy atom. The number of carbonyl (C=O) groups is 2. The fourth-order valence-electron chi connectivity index (χ4n) is 3.35. The van der Waals surface area contributed by atoms with Gasteiger partial charge in [-0.2, -0.15) is 0 Å². The lowest BCUT2D eigenvalue weighted by Crippen LogP contribution is -2.53. The van der Waals surface area contributed by atoms with Crippen LogP contribution in [0.4, 0.5) is 0 Å². The summed E-state index contributed by atoms with van der Waals surface area (Å²) in [6.45, 7) is 23.3. The van der Waals surface area contributed by atoms with Crippen molar-refractivity contribution in [2.45, 2.75) is 140 Å². The molecule has 0 heterocycles. The monoisotopic (exact) mass is 425 g/mol. The molecule has 0 bridgehead atoms. The lowest BCUT2D eigenvalue weighted by atomic mass is 9.69. The van der Waals surface area contributed by atoms with Gasteiger partial charge in [-0.15, -0.1) is 0 Å². The first-order valence-corrected chi connectivity index (χ1v) is 12.7. The first-order valence-electron chi connectivity index (χ1n) is 12.7. The van der Waals surface area contributed by atoms with Crippen molar-refractivity contribution in [2.24, 2.45) is 22.7 Å². The number of Topliss-reactive ketones (excluding diaryl/α,β-unsaturated/α-hetero) is 1. The van der Waals surface area contributed by atoms with Crippen molar-refractivity contribution in [3.63, 3.8) is 0 Å². The molecule has 3 nitrogen and oxygen atoms in total. The number of hydrogen-bond donors (Lipinski definition) is 1. The molecular weight excluding hydrogens is 370 g/mol. The van der Waals surface area contributed by atoms with E-state index in [-0.39, 0.29) is 29.1 Å². The molecule has 0 aromatic rings. The van der Waals surface area contributed by atoms with Crippen molar-refractivity contribution in [1.29, 1.82) is 0 Å². The molecule has 2 saturated carbocycles. The van der Waals surface area contributed by atoms with Gasteiger partial charge in [0, 0.05) is 5.92 Å². The first kappa shape index (κ1) is 31.3. The summed E-state index contributed by atoms with van der Waals surface area (Å²) in [5.74, 6) is 1.19. The summed E-state index contributed by atoms with van der Waals surface area (Å²) in [6.07, 6.45) is 10.1. The highest BCUT2D eigenvalue weighted by atomic mass is 16.2. The zero-order valence-corrected chi connectivity index (χ0v) is 22.4. The quantitative estimate of drug-likeness (QED) is 0.496. The Kier molecular flexibility index (Phi) is 16.6. The van der Waals surface area contributed by atoms with Gasteiger partial charge < -0.3 is 5.32 Å². The fraction of sp³-hybridized carbons (Fsp3) is 0.926. The Morgan fingerprint density at radius 2 is 1.37 bits per heavy atom. The third-order valence-corrected chi connectivity index (χ3v) is 6.59. The maximum Gasteiger partial charge on any atom is 0.223 e. The third-order valence-electron chi connectivity index (χ3n) is 6.59. The van der Waals surface area contributed by atoms with Crippen LogP contribution in [0.1, 0.15) is 134 Å². The third kappa shape index (κ3) is 12.1. The average molecular weight is 426 g/mol. The molecule has 1 unspecified atom stereocenters. The Labute approximate surface area is 189 Å². The van der Waals surface area contributed by atoms with Crippen LogP contribution in [0.15, 0.2) is 0 Å². The minimum atomic E-state index is -0.272. The summed E-state index contributed by atoms with van der Waals surface area (Å²) in [5.41, 5.74) is 0.476. The molecule has 2 aliphatic carbocycles. The lowest BCUT2D eigenvalue weighted by Gasteiger charge is -2.40. The van der Waals surface area contributed by atoms with Gasteiger partial charge in [-0.05, 0) is 49.4 Å². The van der Waals surface area contributed by atoms with Gasteiger partial charge in [0.25, 0.3) is 0 Å². The maximum atomic E-state index is 12.1.